The van der Waals surface area contributed by atoms with Crippen molar-refractivity contribution in [2.45, 2.75) is 59.9 Å². The molecule has 1 saturated heterocycles. The number of likely N-dealkylation sites (tertiary alicyclic amines) is 1. The van der Waals surface area contributed by atoms with Gasteiger partial charge in [-0.3, -0.25) is 4.90 Å². The lowest BCUT2D eigenvalue weighted by molar-refractivity contribution is 0.102. The summed E-state index contributed by atoms with van der Waals surface area (Å²) in [7, 11) is 0. The van der Waals surface area contributed by atoms with Gasteiger partial charge in [-0.15, -0.1) is 0 Å². The number of nitrogens with two attached hydrogens (primary N) is 1. The predicted molar refractivity (Wildman–Crippen MR) is 76.0 cm³/mol. The van der Waals surface area contributed by atoms with Crippen molar-refractivity contribution in [1.29, 1.82) is 0 Å². The van der Waals surface area contributed by atoms with Gasteiger partial charge < -0.3 is 5.73 Å². The van der Waals surface area contributed by atoms with Crippen molar-refractivity contribution in [3.05, 3.63) is 0 Å². The fraction of sp³-hybridized carbons (Fsp3) is 1.00. The zero-order valence-corrected chi connectivity index (χ0v) is 12.7. The van der Waals surface area contributed by atoms with Gasteiger partial charge in [0.15, 0.2) is 0 Å². The number of hydrogen-bond donors (Lipinski definition) is 1. The van der Waals surface area contributed by atoms with E-state index in [1.807, 2.05) is 0 Å². The SMILES string of the molecule is CC(C)CC(C)(CN)N1CCC(C(C)(C)C)C1. The van der Waals surface area contributed by atoms with Gasteiger partial charge in [0.25, 0.3) is 0 Å². The van der Waals surface area contributed by atoms with E-state index in [4.69, 9.17) is 5.73 Å². The zero-order chi connectivity index (χ0) is 13.3. The molecule has 17 heavy (non-hydrogen) atoms. The van der Waals surface area contributed by atoms with Crippen LogP contribution < -0.4 is 5.73 Å². The molecule has 1 rings (SSSR count). The summed E-state index contributed by atoms with van der Waals surface area (Å²) in [4.78, 5) is 2.64. The van der Waals surface area contributed by atoms with Gasteiger partial charge in [0.05, 0.1) is 0 Å². The van der Waals surface area contributed by atoms with Gasteiger partial charge in [0.1, 0.15) is 0 Å². The lowest BCUT2D eigenvalue weighted by atomic mass is 9.80. The van der Waals surface area contributed by atoms with Crippen LogP contribution in [0.3, 0.4) is 0 Å². The highest BCUT2D eigenvalue weighted by Gasteiger charge is 2.39. The molecule has 0 saturated carbocycles. The predicted octanol–water partition coefficient (Wildman–Crippen LogP) is 3.12. The minimum absolute atomic E-state index is 0.203. The van der Waals surface area contributed by atoms with Crippen LogP contribution in [-0.2, 0) is 0 Å². The second-order valence-electron chi connectivity index (χ2n) is 7.60. The average Bonchev–Trinajstić information content (AvgIpc) is 2.64. The molecule has 0 aliphatic carbocycles. The summed E-state index contributed by atoms with van der Waals surface area (Å²) >= 11 is 0. The van der Waals surface area contributed by atoms with Crippen LogP contribution in [0.25, 0.3) is 0 Å². The lowest BCUT2D eigenvalue weighted by Crippen LogP contribution is -2.51. The summed E-state index contributed by atoms with van der Waals surface area (Å²) < 4.78 is 0. The summed E-state index contributed by atoms with van der Waals surface area (Å²) in [6, 6.07) is 0. The lowest BCUT2D eigenvalue weighted by Gasteiger charge is -2.40. The van der Waals surface area contributed by atoms with Gasteiger partial charge in [-0.2, -0.15) is 0 Å². The van der Waals surface area contributed by atoms with E-state index in [1.54, 1.807) is 0 Å². The Labute approximate surface area is 108 Å². The largest absolute Gasteiger partial charge is 0.329 e. The molecule has 0 bridgehead atoms. The maximum absolute atomic E-state index is 6.05. The van der Waals surface area contributed by atoms with E-state index in [-0.39, 0.29) is 5.54 Å². The Hall–Kier alpha value is -0.0800. The molecule has 2 nitrogen and oxygen atoms in total. The molecule has 0 aromatic heterocycles. The minimum Gasteiger partial charge on any atom is -0.329 e. The first kappa shape index (κ1) is 15.0. The highest BCUT2D eigenvalue weighted by atomic mass is 15.2. The minimum atomic E-state index is 0.203. The molecule has 0 radical (unpaired) electrons. The van der Waals surface area contributed by atoms with E-state index >= 15 is 0 Å². The Morgan fingerprint density at radius 3 is 2.18 bits per heavy atom. The molecule has 1 heterocycles. The second-order valence-corrected chi connectivity index (χ2v) is 7.60. The normalized spacial score (nSPS) is 26.5. The molecule has 1 aliphatic rings. The molecule has 2 unspecified atom stereocenters. The number of hydrogen-bond acceptors (Lipinski definition) is 2. The monoisotopic (exact) mass is 240 g/mol. The van der Waals surface area contributed by atoms with Crippen LogP contribution in [0.2, 0.25) is 0 Å². The first-order chi connectivity index (χ1) is 7.69. The summed E-state index contributed by atoms with van der Waals surface area (Å²) in [6.07, 6.45) is 2.54. The fourth-order valence-electron chi connectivity index (χ4n) is 3.18. The van der Waals surface area contributed by atoms with Crippen molar-refractivity contribution in [1.82, 2.24) is 4.90 Å². The third-order valence-electron chi connectivity index (χ3n) is 4.46. The van der Waals surface area contributed by atoms with Crippen LogP contribution >= 0.6 is 0 Å². The second kappa shape index (κ2) is 5.27. The Morgan fingerprint density at radius 1 is 1.24 bits per heavy atom. The Balaban J connectivity index is 2.67. The summed E-state index contributed by atoms with van der Waals surface area (Å²) in [5.74, 6) is 1.54. The molecule has 102 valence electrons. The van der Waals surface area contributed by atoms with Crippen LogP contribution in [0.1, 0.15) is 54.4 Å². The molecule has 0 aromatic rings. The topological polar surface area (TPSA) is 29.3 Å². The quantitative estimate of drug-likeness (QED) is 0.818. The Bertz CT molecular complexity index is 242. The molecule has 1 aliphatic heterocycles. The fourth-order valence-corrected chi connectivity index (χ4v) is 3.18. The van der Waals surface area contributed by atoms with Crippen LogP contribution in [0, 0.1) is 17.3 Å². The van der Waals surface area contributed by atoms with Crippen LogP contribution in [0.15, 0.2) is 0 Å². The van der Waals surface area contributed by atoms with Crippen molar-refractivity contribution in [3.63, 3.8) is 0 Å². The first-order valence-electron chi connectivity index (χ1n) is 7.14. The average molecular weight is 240 g/mol. The van der Waals surface area contributed by atoms with E-state index in [9.17, 15) is 0 Å². The Kier molecular flexibility index (Phi) is 4.65. The third-order valence-corrected chi connectivity index (χ3v) is 4.46. The van der Waals surface area contributed by atoms with Gasteiger partial charge >= 0.3 is 0 Å². The first-order valence-corrected chi connectivity index (χ1v) is 7.14. The Morgan fingerprint density at radius 2 is 1.82 bits per heavy atom. The molecule has 0 aromatic carbocycles. The number of nitrogens with zero attached hydrogens (tertiary/aromatic N) is 1. The van der Waals surface area contributed by atoms with Gasteiger partial charge in [-0.1, -0.05) is 34.6 Å². The summed E-state index contributed by atoms with van der Waals surface area (Å²) in [5, 5.41) is 0. The molecule has 0 amide bonds. The molecule has 2 N–H and O–H groups in total. The third kappa shape index (κ3) is 3.69. The van der Waals surface area contributed by atoms with E-state index in [2.05, 4.69) is 46.4 Å². The van der Waals surface area contributed by atoms with Crippen LogP contribution in [0.4, 0.5) is 0 Å². The standard InChI is InChI=1S/C15H32N2/c1-12(2)9-15(6,11-16)17-8-7-13(10-17)14(3,4)5/h12-13H,7-11,16H2,1-6H3. The summed E-state index contributed by atoms with van der Waals surface area (Å²) in [5.41, 5.74) is 6.68. The highest BCUT2D eigenvalue weighted by Crippen LogP contribution is 2.37. The highest BCUT2D eigenvalue weighted by molar-refractivity contribution is 4.95. The van der Waals surface area contributed by atoms with E-state index in [1.165, 1.54) is 25.9 Å². The maximum atomic E-state index is 6.05. The molecule has 2 heteroatoms. The molecule has 2 atom stereocenters. The van der Waals surface area contributed by atoms with Crippen molar-refractivity contribution in [2.75, 3.05) is 19.6 Å². The van der Waals surface area contributed by atoms with Crippen molar-refractivity contribution in [2.24, 2.45) is 23.0 Å². The van der Waals surface area contributed by atoms with Crippen LogP contribution in [-0.4, -0.2) is 30.1 Å². The van der Waals surface area contributed by atoms with Gasteiger partial charge in [-0.25, -0.2) is 0 Å². The smallest absolute Gasteiger partial charge is 0.0306 e. The zero-order valence-electron chi connectivity index (χ0n) is 12.7. The van der Waals surface area contributed by atoms with Gasteiger partial charge in [0, 0.05) is 18.6 Å². The van der Waals surface area contributed by atoms with E-state index in [0.717, 1.165) is 18.4 Å². The molecule has 0 spiro atoms. The maximum Gasteiger partial charge on any atom is 0.0306 e. The van der Waals surface area contributed by atoms with Crippen molar-refractivity contribution < 1.29 is 0 Å². The number of rotatable bonds is 4. The van der Waals surface area contributed by atoms with E-state index < -0.39 is 0 Å². The molecular weight excluding hydrogens is 208 g/mol. The van der Waals surface area contributed by atoms with Crippen molar-refractivity contribution >= 4 is 0 Å². The molecular formula is C15H32N2. The summed E-state index contributed by atoms with van der Waals surface area (Å²) in [6.45, 7) is 17.3. The van der Waals surface area contributed by atoms with Gasteiger partial charge in [-0.05, 0) is 43.6 Å². The van der Waals surface area contributed by atoms with E-state index in [0.29, 0.717) is 5.41 Å². The van der Waals surface area contributed by atoms with Crippen molar-refractivity contribution in [3.8, 4) is 0 Å². The molecule has 1 fully saturated rings. The van der Waals surface area contributed by atoms with Gasteiger partial charge in [0.2, 0.25) is 0 Å². The van der Waals surface area contributed by atoms with Crippen LogP contribution in [0.5, 0.6) is 0 Å².